The summed E-state index contributed by atoms with van der Waals surface area (Å²) in [6.45, 7) is 4.18. The van der Waals surface area contributed by atoms with Crippen molar-refractivity contribution in [2.45, 2.75) is 5.92 Å². The number of rotatable bonds is 1. The van der Waals surface area contributed by atoms with Crippen LogP contribution in [-0.2, 0) is 9.53 Å². The molecule has 1 atom stereocenters. The van der Waals surface area contributed by atoms with Crippen LogP contribution in [0.4, 0.5) is 0 Å². The molecular formula is C11H10O2. The lowest BCUT2D eigenvalue weighted by Crippen LogP contribution is -2.06. The second kappa shape index (κ2) is 3.05. The summed E-state index contributed by atoms with van der Waals surface area (Å²) in [4.78, 5) is 11.3. The number of esters is 1. The molecule has 1 aromatic carbocycles. The Bertz CT molecular complexity index is 324. The van der Waals surface area contributed by atoms with E-state index in [1.54, 1.807) is 0 Å². The van der Waals surface area contributed by atoms with Crippen molar-refractivity contribution in [3.63, 3.8) is 0 Å². The van der Waals surface area contributed by atoms with Gasteiger partial charge in [0.1, 0.15) is 12.5 Å². The molecule has 1 aliphatic rings. The fraction of sp³-hybridized carbons (Fsp3) is 0.182. The summed E-state index contributed by atoms with van der Waals surface area (Å²) in [6, 6.07) is 9.58. The van der Waals surface area contributed by atoms with Crippen molar-refractivity contribution in [1.82, 2.24) is 0 Å². The molecule has 0 aromatic heterocycles. The Morgan fingerprint density at radius 3 is 2.54 bits per heavy atom. The van der Waals surface area contributed by atoms with Crippen LogP contribution in [0.3, 0.4) is 0 Å². The molecule has 0 radical (unpaired) electrons. The maximum absolute atomic E-state index is 11.3. The van der Waals surface area contributed by atoms with Gasteiger partial charge >= 0.3 is 5.97 Å². The number of cyclic esters (lactones) is 1. The van der Waals surface area contributed by atoms with Crippen LogP contribution in [0, 0.1) is 0 Å². The zero-order chi connectivity index (χ0) is 9.26. The van der Waals surface area contributed by atoms with Gasteiger partial charge in [0.15, 0.2) is 0 Å². The molecule has 1 saturated heterocycles. The molecule has 0 aliphatic carbocycles. The number of hydrogen-bond acceptors (Lipinski definition) is 2. The first-order valence-corrected chi connectivity index (χ1v) is 4.18. The first-order valence-electron chi connectivity index (χ1n) is 4.18. The van der Waals surface area contributed by atoms with Crippen LogP contribution in [0.5, 0.6) is 0 Å². The van der Waals surface area contributed by atoms with Crippen LogP contribution < -0.4 is 0 Å². The fourth-order valence-corrected chi connectivity index (χ4v) is 1.51. The third kappa shape index (κ3) is 1.35. The van der Waals surface area contributed by atoms with Crippen LogP contribution in [0.25, 0.3) is 0 Å². The zero-order valence-electron chi connectivity index (χ0n) is 7.19. The van der Waals surface area contributed by atoms with Crippen molar-refractivity contribution < 1.29 is 9.53 Å². The molecule has 1 fully saturated rings. The van der Waals surface area contributed by atoms with Gasteiger partial charge in [-0.1, -0.05) is 36.9 Å². The maximum Gasteiger partial charge on any atom is 0.318 e. The molecule has 13 heavy (non-hydrogen) atoms. The van der Waals surface area contributed by atoms with E-state index in [-0.39, 0.29) is 11.9 Å². The van der Waals surface area contributed by atoms with E-state index in [1.165, 1.54) is 0 Å². The monoisotopic (exact) mass is 174 g/mol. The van der Waals surface area contributed by atoms with E-state index in [0.717, 1.165) is 11.1 Å². The van der Waals surface area contributed by atoms with E-state index in [4.69, 9.17) is 4.74 Å². The van der Waals surface area contributed by atoms with Crippen molar-refractivity contribution >= 4 is 5.97 Å². The van der Waals surface area contributed by atoms with Gasteiger partial charge in [0.2, 0.25) is 0 Å². The number of ether oxygens (including phenoxy) is 1. The van der Waals surface area contributed by atoms with Crippen molar-refractivity contribution in [3.05, 3.63) is 48.0 Å². The number of carbonyl (C=O) groups excluding carboxylic acids is 1. The van der Waals surface area contributed by atoms with E-state index < -0.39 is 0 Å². The molecule has 2 nitrogen and oxygen atoms in total. The van der Waals surface area contributed by atoms with Gasteiger partial charge in [0, 0.05) is 0 Å². The molecule has 0 bridgehead atoms. The highest BCUT2D eigenvalue weighted by atomic mass is 16.5. The second-order valence-corrected chi connectivity index (χ2v) is 3.11. The van der Waals surface area contributed by atoms with Crippen molar-refractivity contribution in [2.24, 2.45) is 0 Å². The van der Waals surface area contributed by atoms with E-state index >= 15 is 0 Å². The first kappa shape index (κ1) is 8.05. The summed E-state index contributed by atoms with van der Waals surface area (Å²) in [5.41, 5.74) is 1.81. The number of benzene rings is 1. The predicted molar refractivity (Wildman–Crippen MR) is 49.3 cm³/mol. The molecule has 1 aliphatic heterocycles. The van der Waals surface area contributed by atoms with Gasteiger partial charge < -0.3 is 4.74 Å². The molecule has 0 N–H and O–H groups in total. The van der Waals surface area contributed by atoms with E-state index in [9.17, 15) is 4.79 Å². The molecule has 2 rings (SSSR count). The Morgan fingerprint density at radius 2 is 2.00 bits per heavy atom. The van der Waals surface area contributed by atoms with Crippen LogP contribution in [0.15, 0.2) is 42.5 Å². The summed E-state index contributed by atoms with van der Waals surface area (Å²) in [6.07, 6.45) is 0. The zero-order valence-corrected chi connectivity index (χ0v) is 7.19. The Hall–Kier alpha value is -1.57. The average molecular weight is 174 g/mol. The molecular weight excluding hydrogens is 164 g/mol. The van der Waals surface area contributed by atoms with E-state index in [0.29, 0.717) is 6.61 Å². The topological polar surface area (TPSA) is 26.3 Å². The Labute approximate surface area is 76.8 Å². The first-order chi connectivity index (χ1) is 6.29. The fourth-order valence-electron chi connectivity index (χ4n) is 1.51. The Balaban J connectivity index is 2.36. The normalized spacial score (nSPS) is 21.7. The third-order valence-corrected chi connectivity index (χ3v) is 2.18. The van der Waals surface area contributed by atoms with Crippen molar-refractivity contribution in [1.29, 1.82) is 0 Å². The highest BCUT2D eigenvalue weighted by Crippen LogP contribution is 2.29. The van der Waals surface area contributed by atoms with E-state index in [1.807, 2.05) is 30.3 Å². The summed E-state index contributed by atoms with van der Waals surface area (Å²) in [5, 5.41) is 0. The molecule has 2 heteroatoms. The van der Waals surface area contributed by atoms with E-state index in [2.05, 4.69) is 6.58 Å². The van der Waals surface area contributed by atoms with Gasteiger partial charge in [-0.05, 0) is 11.1 Å². The average Bonchev–Trinajstić information content (AvgIpc) is 2.48. The lowest BCUT2D eigenvalue weighted by Gasteiger charge is -2.05. The minimum absolute atomic E-state index is 0.184. The molecule has 1 unspecified atom stereocenters. The SMILES string of the molecule is C=C1COC(=O)C1c1ccccc1. The summed E-state index contributed by atoms with van der Waals surface area (Å²) >= 11 is 0. The molecule has 1 heterocycles. The highest BCUT2D eigenvalue weighted by Gasteiger charge is 2.31. The molecule has 0 spiro atoms. The van der Waals surface area contributed by atoms with Gasteiger partial charge in [-0.3, -0.25) is 4.79 Å². The summed E-state index contributed by atoms with van der Waals surface area (Å²) < 4.78 is 4.89. The van der Waals surface area contributed by atoms with Gasteiger partial charge in [0.25, 0.3) is 0 Å². The number of hydrogen-bond donors (Lipinski definition) is 0. The van der Waals surface area contributed by atoms with Crippen molar-refractivity contribution in [2.75, 3.05) is 6.61 Å². The lowest BCUT2D eigenvalue weighted by molar-refractivity contribution is -0.139. The summed E-state index contributed by atoms with van der Waals surface area (Å²) in [7, 11) is 0. The number of carbonyl (C=O) groups is 1. The Morgan fingerprint density at radius 1 is 1.31 bits per heavy atom. The minimum Gasteiger partial charge on any atom is -0.460 e. The van der Waals surface area contributed by atoms with Gasteiger partial charge in [0.05, 0.1) is 0 Å². The van der Waals surface area contributed by atoms with Crippen LogP contribution in [0.2, 0.25) is 0 Å². The van der Waals surface area contributed by atoms with Crippen LogP contribution in [0.1, 0.15) is 11.5 Å². The van der Waals surface area contributed by atoms with Crippen LogP contribution in [-0.4, -0.2) is 12.6 Å². The minimum atomic E-state index is -0.249. The lowest BCUT2D eigenvalue weighted by atomic mass is 9.95. The second-order valence-electron chi connectivity index (χ2n) is 3.11. The predicted octanol–water partition coefficient (Wildman–Crippen LogP) is 1.88. The van der Waals surface area contributed by atoms with Crippen LogP contribution >= 0.6 is 0 Å². The smallest absolute Gasteiger partial charge is 0.318 e. The van der Waals surface area contributed by atoms with Gasteiger partial charge in [-0.15, -0.1) is 0 Å². The largest absolute Gasteiger partial charge is 0.460 e. The van der Waals surface area contributed by atoms with Crippen molar-refractivity contribution in [3.8, 4) is 0 Å². The molecule has 66 valence electrons. The summed E-state index contributed by atoms with van der Waals surface area (Å²) in [5.74, 6) is -0.433. The highest BCUT2D eigenvalue weighted by molar-refractivity contribution is 5.84. The molecule has 1 aromatic rings. The van der Waals surface area contributed by atoms with Gasteiger partial charge in [-0.2, -0.15) is 0 Å². The standard InChI is InChI=1S/C11H10O2/c1-8-7-13-11(12)10(8)9-5-3-2-4-6-9/h2-6,10H,1,7H2. The molecule has 0 saturated carbocycles. The Kier molecular flexibility index (Phi) is 1.89. The molecule has 0 amide bonds. The van der Waals surface area contributed by atoms with Gasteiger partial charge in [-0.25, -0.2) is 0 Å². The maximum atomic E-state index is 11.3. The quantitative estimate of drug-likeness (QED) is 0.480. The third-order valence-electron chi connectivity index (χ3n) is 2.18.